The number of hydrogen-bond acceptors (Lipinski definition) is 4. The molecule has 0 unspecified atom stereocenters. The molecule has 0 aliphatic rings. The van der Waals surface area contributed by atoms with Crippen molar-refractivity contribution in [2.75, 3.05) is 20.7 Å². The SMILES string of the molecule is CNC(=O)NCCn1c(-c2ccccc2)csc1=Nc1ccc(OC)cc1. The molecule has 7 heteroatoms. The fraction of sp³-hybridized carbons (Fsp3) is 0.200. The third kappa shape index (κ3) is 4.77. The van der Waals surface area contributed by atoms with E-state index in [1.165, 1.54) is 0 Å². The first-order chi connectivity index (χ1) is 13.2. The summed E-state index contributed by atoms with van der Waals surface area (Å²) in [6, 6.07) is 17.6. The highest BCUT2D eigenvalue weighted by molar-refractivity contribution is 7.07. The summed E-state index contributed by atoms with van der Waals surface area (Å²) >= 11 is 1.58. The second-order valence-electron chi connectivity index (χ2n) is 5.74. The molecular weight excluding hydrogens is 360 g/mol. The number of nitrogens with zero attached hydrogens (tertiary/aromatic N) is 2. The molecule has 0 bridgehead atoms. The van der Waals surface area contributed by atoms with E-state index < -0.39 is 0 Å². The van der Waals surface area contributed by atoms with Crippen LogP contribution in [0.25, 0.3) is 11.3 Å². The van der Waals surface area contributed by atoms with E-state index in [1.54, 1.807) is 25.5 Å². The van der Waals surface area contributed by atoms with E-state index in [9.17, 15) is 4.79 Å². The molecule has 0 atom stereocenters. The fourth-order valence-corrected chi connectivity index (χ4v) is 3.57. The van der Waals surface area contributed by atoms with Gasteiger partial charge >= 0.3 is 6.03 Å². The van der Waals surface area contributed by atoms with Gasteiger partial charge in [0.25, 0.3) is 0 Å². The Labute approximate surface area is 162 Å². The Kier molecular flexibility index (Phi) is 6.27. The maximum atomic E-state index is 11.5. The van der Waals surface area contributed by atoms with Crippen molar-refractivity contribution in [1.29, 1.82) is 0 Å². The Hall–Kier alpha value is -3.06. The number of hydrogen-bond donors (Lipinski definition) is 2. The van der Waals surface area contributed by atoms with Crippen LogP contribution in [0.1, 0.15) is 0 Å². The predicted octanol–water partition coefficient (Wildman–Crippen LogP) is 3.39. The minimum atomic E-state index is -0.194. The van der Waals surface area contributed by atoms with Crippen LogP contribution in [0.5, 0.6) is 5.75 Å². The molecule has 0 spiro atoms. The van der Waals surface area contributed by atoms with E-state index >= 15 is 0 Å². The van der Waals surface area contributed by atoms with Crippen molar-refractivity contribution in [1.82, 2.24) is 15.2 Å². The highest BCUT2D eigenvalue weighted by Gasteiger charge is 2.08. The zero-order chi connectivity index (χ0) is 19.1. The van der Waals surface area contributed by atoms with Crippen LogP contribution in [0.4, 0.5) is 10.5 Å². The number of amides is 2. The lowest BCUT2D eigenvalue weighted by molar-refractivity contribution is 0.242. The quantitative estimate of drug-likeness (QED) is 0.686. The highest BCUT2D eigenvalue weighted by Crippen LogP contribution is 2.21. The predicted molar refractivity (Wildman–Crippen MR) is 108 cm³/mol. The van der Waals surface area contributed by atoms with Gasteiger partial charge in [-0.3, -0.25) is 0 Å². The Morgan fingerprint density at radius 2 is 1.89 bits per heavy atom. The number of urea groups is 1. The van der Waals surface area contributed by atoms with Crippen LogP contribution in [0.15, 0.2) is 65.0 Å². The van der Waals surface area contributed by atoms with Crippen LogP contribution in [-0.2, 0) is 6.54 Å². The van der Waals surface area contributed by atoms with Gasteiger partial charge in [-0.1, -0.05) is 30.3 Å². The van der Waals surface area contributed by atoms with Crippen LogP contribution in [-0.4, -0.2) is 31.3 Å². The lowest BCUT2D eigenvalue weighted by Crippen LogP contribution is -2.35. The molecule has 1 aromatic heterocycles. The fourth-order valence-electron chi connectivity index (χ4n) is 2.61. The van der Waals surface area contributed by atoms with E-state index in [0.717, 1.165) is 27.5 Å². The number of methoxy groups -OCH3 is 1. The minimum absolute atomic E-state index is 0.194. The normalized spacial score (nSPS) is 11.3. The van der Waals surface area contributed by atoms with Crippen molar-refractivity contribution in [3.63, 3.8) is 0 Å². The molecule has 0 aliphatic carbocycles. The Morgan fingerprint density at radius 1 is 1.15 bits per heavy atom. The molecule has 2 aromatic carbocycles. The lowest BCUT2D eigenvalue weighted by Gasteiger charge is -2.10. The second kappa shape index (κ2) is 9.05. The molecule has 140 valence electrons. The first-order valence-corrected chi connectivity index (χ1v) is 9.47. The third-order valence-electron chi connectivity index (χ3n) is 4.01. The number of carbonyl (C=O) groups excluding carboxylic acids is 1. The number of thiazole rings is 1. The summed E-state index contributed by atoms with van der Waals surface area (Å²) < 4.78 is 7.33. The van der Waals surface area contributed by atoms with Gasteiger partial charge in [0.2, 0.25) is 0 Å². The summed E-state index contributed by atoms with van der Waals surface area (Å²) in [5, 5.41) is 7.49. The average Bonchev–Trinajstić information content (AvgIpc) is 3.11. The van der Waals surface area contributed by atoms with Crippen molar-refractivity contribution >= 4 is 23.1 Å². The number of carbonyl (C=O) groups is 1. The summed E-state index contributed by atoms with van der Waals surface area (Å²) in [6.07, 6.45) is 0. The number of benzene rings is 2. The summed E-state index contributed by atoms with van der Waals surface area (Å²) in [5.41, 5.74) is 3.04. The van der Waals surface area contributed by atoms with E-state index in [0.29, 0.717) is 13.1 Å². The molecule has 6 nitrogen and oxygen atoms in total. The van der Waals surface area contributed by atoms with Gasteiger partial charge in [0, 0.05) is 25.5 Å². The molecule has 0 aliphatic heterocycles. The van der Waals surface area contributed by atoms with E-state index in [4.69, 9.17) is 9.73 Å². The van der Waals surface area contributed by atoms with Gasteiger partial charge in [-0.2, -0.15) is 0 Å². The Morgan fingerprint density at radius 3 is 2.56 bits per heavy atom. The zero-order valence-electron chi connectivity index (χ0n) is 15.3. The van der Waals surface area contributed by atoms with Crippen molar-refractivity contribution in [2.45, 2.75) is 6.54 Å². The number of aromatic nitrogens is 1. The molecule has 2 N–H and O–H groups in total. The van der Waals surface area contributed by atoms with Gasteiger partial charge in [0.15, 0.2) is 4.80 Å². The van der Waals surface area contributed by atoms with Gasteiger partial charge in [-0.05, 0) is 29.8 Å². The average molecular weight is 382 g/mol. The summed E-state index contributed by atoms with van der Waals surface area (Å²) in [4.78, 5) is 17.1. The Bertz CT molecular complexity index is 946. The smallest absolute Gasteiger partial charge is 0.314 e. The van der Waals surface area contributed by atoms with Gasteiger partial charge in [-0.25, -0.2) is 9.79 Å². The highest BCUT2D eigenvalue weighted by atomic mass is 32.1. The van der Waals surface area contributed by atoms with Gasteiger partial charge in [-0.15, -0.1) is 11.3 Å². The van der Waals surface area contributed by atoms with Crippen LogP contribution in [0.3, 0.4) is 0 Å². The molecule has 0 fully saturated rings. The van der Waals surface area contributed by atoms with Crippen molar-refractivity contribution in [2.24, 2.45) is 4.99 Å². The number of nitrogens with one attached hydrogen (secondary N) is 2. The van der Waals surface area contributed by atoms with Gasteiger partial charge < -0.3 is 19.9 Å². The first-order valence-electron chi connectivity index (χ1n) is 8.59. The van der Waals surface area contributed by atoms with Crippen molar-refractivity contribution in [3.05, 3.63) is 64.8 Å². The van der Waals surface area contributed by atoms with Crippen molar-refractivity contribution in [3.8, 4) is 17.0 Å². The summed E-state index contributed by atoms with van der Waals surface area (Å²) in [5.74, 6) is 0.799. The van der Waals surface area contributed by atoms with E-state index in [-0.39, 0.29) is 6.03 Å². The van der Waals surface area contributed by atoms with Gasteiger partial charge in [0.05, 0.1) is 18.5 Å². The van der Waals surface area contributed by atoms with Gasteiger partial charge in [0.1, 0.15) is 5.75 Å². The molecule has 0 saturated carbocycles. The molecule has 2 amide bonds. The lowest BCUT2D eigenvalue weighted by atomic mass is 10.2. The number of ether oxygens (including phenoxy) is 1. The second-order valence-corrected chi connectivity index (χ2v) is 6.57. The minimum Gasteiger partial charge on any atom is -0.497 e. The van der Waals surface area contributed by atoms with Crippen LogP contribution >= 0.6 is 11.3 Å². The topological polar surface area (TPSA) is 67.7 Å². The van der Waals surface area contributed by atoms with E-state index in [2.05, 4.69) is 32.7 Å². The molecule has 1 heterocycles. The standard InChI is InChI=1S/C20H22N4O2S/c1-21-19(25)22-12-13-24-18(15-6-4-3-5-7-15)14-27-20(24)23-16-8-10-17(26-2)11-9-16/h3-11,14H,12-13H2,1-2H3,(H2,21,22,25). The Balaban J connectivity index is 1.95. The summed E-state index contributed by atoms with van der Waals surface area (Å²) in [7, 11) is 3.25. The van der Waals surface area contributed by atoms with E-state index in [1.807, 2.05) is 42.5 Å². The molecule has 3 aromatic rings. The monoisotopic (exact) mass is 382 g/mol. The molecule has 27 heavy (non-hydrogen) atoms. The molecule has 0 saturated heterocycles. The maximum absolute atomic E-state index is 11.5. The van der Waals surface area contributed by atoms with Crippen LogP contribution in [0.2, 0.25) is 0 Å². The third-order valence-corrected chi connectivity index (χ3v) is 4.88. The summed E-state index contributed by atoms with van der Waals surface area (Å²) in [6.45, 7) is 1.13. The first kappa shape index (κ1) is 18.7. The van der Waals surface area contributed by atoms with Crippen LogP contribution < -0.4 is 20.2 Å². The molecule has 0 radical (unpaired) electrons. The molecular formula is C20H22N4O2S. The largest absolute Gasteiger partial charge is 0.497 e. The zero-order valence-corrected chi connectivity index (χ0v) is 16.1. The van der Waals surface area contributed by atoms with Crippen LogP contribution in [0, 0.1) is 0 Å². The van der Waals surface area contributed by atoms with Crippen molar-refractivity contribution < 1.29 is 9.53 Å². The maximum Gasteiger partial charge on any atom is 0.314 e. The molecule has 3 rings (SSSR count). The number of rotatable bonds is 6.